The zero-order valence-electron chi connectivity index (χ0n) is 8.23. The third-order valence-corrected chi connectivity index (χ3v) is 3.70. The second-order valence-electron chi connectivity index (χ2n) is 3.95. The molecule has 0 amide bonds. The van der Waals surface area contributed by atoms with Crippen LogP contribution >= 0.6 is 15.9 Å². The summed E-state index contributed by atoms with van der Waals surface area (Å²) in [5.41, 5.74) is 0. The van der Waals surface area contributed by atoms with Gasteiger partial charge in [-0.25, -0.2) is 0 Å². The normalized spacial score (nSPS) is 28.1. The molecule has 1 saturated carbocycles. The predicted molar refractivity (Wildman–Crippen MR) is 59.3 cm³/mol. The number of halogens is 1. The second kappa shape index (κ2) is 6.58. The molecule has 0 aromatic rings. The molecule has 1 fully saturated rings. The standard InChI is InChI=1S/C11H19BrO/c12-10-8-6-4-2-1-3-5-7-9-11(10)13/h10H,1-9H2. The fourth-order valence-corrected chi connectivity index (χ4v) is 2.38. The fourth-order valence-electron chi connectivity index (χ4n) is 1.82. The van der Waals surface area contributed by atoms with Crippen LogP contribution in [-0.4, -0.2) is 10.6 Å². The van der Waals surface area contributed by atoms with Gasteiger partial charge in [-0.1, -0.05) is 54.5 Å². The van der Waals surface area contributed by atoms with Gasteiger partial charge in [0, 0.05) is 6.42 Å². The molecule has 0 bridgehead atoms. The third kappa shape index (κ3) is 4.80. The molecule has 0 aromatic carbocycles. The minimum atomic E-state index is 0.144. The van der Waals surface area contributed by atoms with Crippen LogP contribution in [0.25, 0.3) is 0 Å². The fraction of sp³-hybridized carbons (Fsp3) is 0.909. The van der Waals surface area contributed by atoms with Crippen molar-refractivity contribution in [2.45, 2.75) is 62.6 Å². The van der Waals surface area contributed by atoms with E-state index in [4.69, 9.17) is 0 Å². The Balaban J connectivity index is 2.31. The van der Waals surface area contributed by atoms with E-state index in [9.17, 15) is 4.79 Å². The lowest BCUT2D eigenvalue weighted by Gasteiger charge is -2.06. The van der Waals surface area contributed by atoms with Crippen LogP contribution in [0.5, 0.6) is 0 Å². The molecule has 13 heavy (non-hydrogen) atoms. The summed E-state index contributed by atoms with van der Waals surface area (Å²) in [4.78, 5) is 11.6. The number of Topliss-reactive ketones (excluding diaryl/α,β-unsaturated/α-hetero) is 1. The molecule has 1 aliphatic rings. The zero-order valence-corrected chi connectivity index (χ0v) is 9.81. The Labute approximate surface area is 89.4 Å². The monoisotopic (exact) mass is 246 g/mol. The van der Waals surface area contributed by atoms with E-state index in [0.717, 1.165) is 19.3 Å². The van der Waals surface area contributed by atoms with E-state index >= 15 is 0 Å². The summed E-state index contributed by atoms with van der Waals surface area (Å²) in [6, 6.07) is 0. The summed E-state index contributed by atoms with van der Waals surface area (Å²) < 4.78 is 0. The Morgan fingerprint density at radius 2 is 1.46 bits per heavy atom. The Morgan fingerprint density at radius 1 is 0.923 bits per heavy atom. The summed E-state index contributed by atoms with van der Waals surface area (Å²) in [5.74, 6) is 0.418. The van der Waals surface area contributed by atoms with Crippen LogP contribution < -0.4 is 0 Å². The highest BCUT2D eigenvalue weighted by Crippen LogP contribution is 2.18. The highest BCUT2D eigenvalue weighted by atomic mass is 79.9. The van der Waals surface area contributed by atoms with Crippen molar-refractivity contribution in [3.05, 3.63) is 0 Å². The van der Waals surface area contributed by atoms with E-state index in [1.165, 1.54) is 38.5 Å². The first-order chi connectivity index (χ1) is 6.30. The predicted octanol–water partition coefficient (Wildman–Crippen LogP) is 3.84. The summed E-state index contributed by atoms with van der Waals surface area (Å²) in [5, 5.41) is 0. The average Bonchev–Trinajstić information content (AvgIpc) is 2.16. The first kappa shape index (κ1) is 11.2. The smallest absolute Gasteiger partial charge is 0.146 e. The third-order valence-electron chi connectivity index (χ3n) is 2.73. The van der Waals surface area contributed by atoms with Crippen LogP contribution in [0, 0.1) is 0 Å². The maximum absolute atomic E-state index is 11.5. The summed E-state index contributed by atoms with van der Waals surface area (Å²) in [6.07, 6.45) is 10.7. The van der Waals surface area contributed by atoms with Crippen LogP contribution in [0.2, 0.25) is 0 Å². The number of carbonyl (C=O) groups excluding carboxylic acids is 1. The van der Waals surface area contributed by atoms with E-state index < -0.39 is 0 Å². The van der Waals surface area contributed by atoms with Gasteiger partial charge in [0.25, 0.3) is 0 Å². The van der Waals surface area contributed by atoms with Crippen molar-refractivity contribution in [3.63, 3.8) is 0 Å². The van der Waals surface area contributed by atoms with Gasteiger partial charge in [0.2, 0.25) is 0 Å². The maximum atomic E-state index is 11.5. The van der Waals surface area contributed by atoms with Gasteiger partial charge >= 0.3 is 0 Å². The molecule has 0 saturated heterocycles. The van der Waals surface area contributed by atoms with Gasteiger partial charge in [0.05, 0.1) is 4.83 Å². The average molecular weight is 247 g/mol. The quantitative estimate of drug-likeness (QED) is 0.594. The van der Waals surface area contributed by atoms with Crippen molar-refractivity contribution in [1.82, 2.24) is 0 Å². The topological polar surface area (TPSA) is 17.1 Å². The van der Waals surface area contributed by atoms with E-state index in [-0.39, 0.29) is 4.83 Å². The molecule has 0 spiro atoms. The van der Waals surface area contributed by atoms with Crippen LogP contribution in [0.3, 0.4) is 0 Å². The molecule has 76 valence electrons. The molecular weight excluding hydrogens is 228 g/mol. The van der Waals surface area contributed by atoms with Crippen LogP contribution in [0.4, 0.5) is 0 Å². The van der Waals surface area contributed by atoms with Crippen LogP contribution in [0.15, 0.2) is 0 Å². The highest BCUT2D eigenvalue weighted by Gasteiger charge is 2.14. The Morgan fingerprint density at radius 3 is 2.15 bits per heavy atom. The molecule has 1 rings (SSSR count). The lowest BCUT2D eigenvalue weighted by molar-refractivity contribution is -0.118. The number of hydrogen-bond donors (Lipinski definition) is 0. The first-order valence-corrected chi connectivity index (χ1v) is 6.39. The molecule has 0 N–H and O–H groups in total. The molecule has 0 heterocycles. The SMILES string of the molecule is O=C1CCCCCCCCCC1Br. The van der Waals surface area contributed by atoms with Crippen LogP contribution in [0.1, 0.15) is 57.8 Å². The van der Waals surface area contributed by atoms with Crippen molar-refractivity contribution >= 4 is 21.7 Å². The lowest BCUT2D eigenvalue weighted by Crippen LogP contribution is -2.13. The molecule has 1 atom stereocenters. The van der Waals surface area contributed by atoms with Gasteiger partial charge in [-0.2, -0.15) is 0 Å². The molecule has 1 unspecified atom stereocenters. The van der Waals surface area contributed by atoms with Gasteiger partial charge in [-0.05, 0) is 12.8 Å². The zero-order chi connectivity index (χ0) is 9.52. The van der Waals surface area contributed by atoms with Gasteiger partial charge in [0.15, 0.2) is 0 Å². The number of rotatable bonds is 0. The van der Waals surface area contributed by atoms with Gasteiger partial charge in [-0.3, -0.25) is 4.79 Å². The van der Waals surface area contributed by atoms with Crippen molar-refractivity contribution in [3.8, 4) is 0 Å². The summed E-state index contributed by atoms with van der Waals surface area (Å²) in [7, 11) is 0. The molecule has 1 nitrogen and oxygen atoms in total. The van der Waals surface area contributed by atoms with E-state index in [0.29, 0.717) is 5.78 Å². The van der Waals surface area contributed by atoms with Gasteiger partial charge in [-0.15, -0.1) is 0 Å². The molecule has 0 radical (unpaired) electrons. The summed E-state index contributed by atoms with van der Waals surface area (Å²) >= 11 is 3.47. The highest BCUT2D eigenvalue weighted by molar-refractivity contribution is 9.10. The summed E-state index contributed by atoms with van der Waals surface area (Å²) in [6.45, 7) is 0. The molecule has 0 aliphatic heterocycles. The van der Waals surface area contributed by atoms with Crippen molar-refractivity contribution in [2.75, 3.05) is 0 Å². The number of alkyl halides is 1. The first-order valence-electron chi connectivity index (χ1n) is 5.47. The van der Waals surface area contributed by atoms with E-state index in [1.54, 1.807) is 0 Å². The largest absolute Gasteiger partial charge is 0.298 e. The molecule has 2 heteroatoms. The number of ketones is 1. The Bertz CT molecular complexity index is 156. The number of carbonyl (C=O) groups is 1. The number of hydrogen-bond acceptors (Lipinski definition) is 1. The minimum Gasteiger partial charge on any atom is -0.298 e. The van der Waals surface area contributed by atoms with Crippen molar-refractivity contribution in [1.29, 1.82) is 0 Å². The Kier molecular flexibility index (Phi) is 5.68. The van der Waals surface area contributed by atoms with E-state index in [1.807, 2.05) is 0 Å². The molecular formula is C11H19BrO. The van der Waals surface area contributed by atoms with E-state index in [2.05, 4.69) is 15.9 Å². The van der Waals surface area contributed by atoms with Crippen molar-refractivity contribution in [2.24, 2.45) is 0 Å². The van der Waals surface area contributed by atoms with Crippen molar-refractivity contribution < 1.29 is 4.79 Å². The van der Waals surface area contributed by atoms with Gasteiger partial charge < -0.3 is 0 Å². The second-order valence-corrected chi connectivity index (χ2v) is 5.05. The Hall–Kier alpha value is 0.150. The maximum Gasteiger partial charge on any atom is 0.146 e. The van der Waals surface area contributed by atoms with Gasteiger partial charge in [0.1, 0.15) is 5.78 Å². The molecule has 0 aromatic heterocycles. The minimum absolute atomic E-state index is 0.144. The lowest BCUT2D eigenvalue weighted by atomic mass is 10.1. The van der Waals surface area contributed by atoms with Crippen LogP contribution in [-0.2, 0) is 4.79 Å². The molecule has 1 aliphatic carbocycles.